The second-order valence-corrected chi connectivity index (χ2v) is 4.82. The van der Waals surface area contributed by atoms with E-state index in [9.17, 15) is 0 Å². The Kier molecular flexibility index (Phi) is 3.28. The Labute approximate surface area is 120 Å². The van der Waals surface area contributed by atoms with Crippen LogP contribution in [0.3, 0.4) is 0 Å². The van der Waals surface area contributed by atoms with Gasteiger partial charge in [0.05, 0.1) is 10.5 Å². The normalized spacial score (nSPS) is 10.6. The maximum Gasteiger partial charge on any atom is 0.131 e. The van der Waals surface area contributed by atoms with Gasteiger partial charge in [-0.25, -0.2) is 4.98 Å². The van der Waals surface area contributed by atoms with Crippen molar-refractivity contribution < 1.29 is 4.74 Å². The van der Waals surface area contributed by atoms with Crippen molar-refractivity contribution in [2.45, 2.75) is 0 Å². The number of benzene rings is 2. The van der Waals surface area contributed by atoms with Gasteiger partial charge in [-0.05, 0) is 36.4 Å². The predicted molar refractivity (Wildman–Crippen MR) is 78.3 cm³/mol. The zero-order valence-corrected chi connectivity index (χ0v) is 11.3. The van der Waals surface area contributed by atoms with Crippen LogP contribution in [-0.2, 0) is 0 Å². The Bertz CT molecular complexity index is 729. The molecule has 3 rings (SSSR count). The minimum absolute atomic E-state index is 0.384. The van der Waals surface area contributed by atoms with E-state index in [4.69, 9.17) is 27.9 Å². The van der Waals surface area contributed by atoms with Crippen LogP contribution in [0.5, 0.6) is 11.5 Å². The van der Waals surface area contributed by atoms with E-state index in [-0.39, 0.29) is 0 Å². The van der Waals surface area contributed by atoms with Gasteiger partial charge in [0.15, 0.2) is 0 Å². The number of hydrogen-bond donors (Lipinski definition) is 0. The molecule has 0 aliphatic carbocycles. The lowest BCUT2D eigenvalue weighted by Gasteiger charge is -2.07. The van der Waals surface area contributed by atoms with Gasteiger partial charge in [0.2, 0.25) is 0 Å². The van der Waals surface area contributed by atoms with Crippen LogP contribution in [-0.4, -0.2) is 4.98 Å². The summed E-state index contributed by atoms with van der Waals surface area (Å²) in [5, 5.41) is 1.77. The molecule has 94 valence electrons. The highest BCUT2D eigenvalue weighted by Crippen LogP contribution is 2.30. The Morgan fingerprint density at radius 2 is 1.63 bits per heavy atom. The quantitative estimate of drug-likeness (QED) is 0.595. The Morgan fingerprint density at radius 1 is 0.842 bits per heavy atom. The zero-order chi connectivity index (χ0) is 13.2. The van der Waals surface area contributed by atoms with E-state index >= 15 is 0 Å². The first-order valence-electron chi connectivity index (χ1n) is 5.71. The van der Waals surface area contributed by atoms with Crippen LogP contribution < -0.4 is 4.74 Å². The largest absolute Gasteiger partial charge is 0.457 e. The standard InChI is InChI=1S/C15H9Cl2NO/c16-13-9-15(17)18-14-7-6-11(8-12(13)14)19-10-4-2-1-3-5-10/h1-9H. The molecule has 3 aromatic rings. The number of ether oxygens (including phenoxy) is 1. The molecule has 0 aliphatic heterocycles. The summed E-state index contributed by atoms with van der Waals surface area (Å²) >= 11 is 12.0. The highest BCUT2D eigenvalue weighted by Gasteiger charge is 2.05. The van der Waals surface area contributed by atoms with E-state index in [2.05, 4.69) is 4.98 Å². The average Bonchev–Trinajstić information content (AvgIpc) is 2.40. The van der Waals surface area contributed by atoms with Crippen LogP contribution >= 0.6 is 23.2 Å². The van der Waals surface area contributed by atoms with Crippen molar-refractivity contribution in [3.05, 3.63) is 64.8 Å². The molecule has 1 aromatic heterocycles. The molecule has 0 N–H and O–H groups in total. The third kappa shape index (κ3) is 2.65. The van der Waals surface area contributed by atoms with Crippen molar-refractivity contribution in [3.63, 3.8) is 0 Å². The van der Waals surface area contributed by atoms with Crippen LogP contribution in [0.4, 0.5) is 0 Å². The molecular formula is C15H9Cl2NO. The minimum Gasteiger partial charge on any atom is -0.457 e. The van der Waals surface area contributed by atoms with Crippen molar-refractivity contribution >= 4 is 34.1 Å². The van der Waals surface area contributed by atoms with E-state index in [1.165, 1.54) is 0 Å². The van der Waals surface area contributed by atoms with E-state index in [0.717, 1.165) is 16.7 Å². The molecule has 19 heavy (non-hydrogen) atoms. The summed E-state index contributed by atoms with van der Waals surface area (Å²) in [7, 11) is 0. The summed E-state index contributed by atoms with van der Waals surface area (Å²) in [6, 6.07) is 16.7. The summed E-state index contributed by atoms with van der Waals surface area (Å²) < 4.78 is 5.75. The molecule has 2 nitrogen and oxygen atoms in total. The summed E-state index contributed by atoms with van der Waals surface area (Å²) in [6.07, 6.45) is 0. The minimum atomic E-state index is 0.384. The highest BCUT2D eigenvalue weighted by molar-refractivity contribution is 6.37. The number of pyridine rings is 1. The monoisotopic (exact) mass is 289 g/mol. The van der Waals surface area contributed by atoms with Crippen molar-refractivity contribution in [2.75, 3.05) is 0 Å². The molecule has 0 unspecified atom stereocenters. The SMILES string of the molecule is Clc1cc(Cl)c2cc(Oc3ccccc3)ccc2n1. The first kappa shape index (κ1) is 12.3. The third-order valence-corrected chi connectivity index (χ3v) is 3.18. The smallest absolute Gasteiger partial charge is 0.131 e. The molecular weight excluding hydrogens is 281 g/mol. The molecule has 0 bridgehead atoms. The molecule has 0 atom stereocenters. The summed E-state index contributed by atoms with van der Waals surface area (Å²) in [5.74, 6) is 1.49. The highest BCUT2D eigenvalue weighted by atomic mass is 35.5. The fourth-order valence-electron chi connectivity index (χ4n) is 1.82. The van der Waals surface area contributed by atoms with Gasteiger partial charge >= 0.3 is 0 Å². The molecule has 1 heterocycles. The topological polar surface area (TPSA) is 22.1 Å². The van der Waals surface area contributed by atoms with Gasteiger partial charge in [-0.3, -0.25) is 0 Å². The second kappa shape index (κ2) is 5.08. The lowest BCUT2D eigenvalue weighted by molar-refractivity contribution is 0.483. The number of para-hydroxylation sites is 1. The number of halogens is 2. The molecule has 4 heteroatoms. The molecule has 0 radical (unpaired) electrons. The average molecular weight is 290 g/mol. The Morgan fingerprint density at radius 3 is 2.42 bits per heavy atom. The maximum absolute atomic E-state index is 6.16. The van der Waals surface area contributed by atoms with Gasteiger partial charge in [-0.15, -0.1) is 0 Å². The molecule has 0 spiro atoms. The number of nitrogens with zero attached hydrogens (tertiary/aromatic N) is 1. The van der Waals surface area contributed by atoms with Crippen molar-refractivity contribution in [1.29, 1.82) is 0 Å². The van der Waals surface area contributed by atoms with Gasteiger partial charge in [0, 0.05) is 5.39 Å². The van der Waals surface area contributed by atoms with E-state index in [1.807, 2.05) is 48.5 Å². The molecule has 2 aromatic carbocycles. The van der Waals surface area contributed by atoms with Gasteiger partial charge in [0.25, 0.3) is 0 Å². The second-order valence-electron chi connectivity index (χ2n) is 4.02. The van der Waals surface area contributed by atoms with Crippen LogP contribution in [0, 0.1) is 0 Å². The van der Waals surface area contributed by atoms with Crippen LogP contribution in [0.25, 0.3) is 10.9 Å². The number of hydrogen-bond acceptors (Lipinski definition) is 2. The summed E-state index contributed by atoms with van der Waals surface area (Å²) in [4.78, 5) is 4.21. The van der Waals surface area contributed by atoms with Crippen LogP contribution in [0.2, 0.25) is 10.2 Å². The molecule has 0 saturated carbocycles. The molecule has 0 aliphatic rings. The fraction of sp³-hybridized carbons (Fsp3) is 0. The summed E-state index contributed by atoms with van der Waals surface area (Å²) in [5.41, 5.74) is 0.748. The first-order chi connectivity index (χ1) is 9.22. The van der Waals surface area contributed by atoms with Gasteiger partial charge in [-0.1, -0.05) is 41.4 Å². The number of fused-ring (bicyclic) bond motifs is 1. The molecule has 0 fully saturated rings. The zero-order valence-electron chi connectivity index (χ0n) is 9.81. The predicted octanol–water partition coefficient (Wildman–Crippen LogP) is 5.33. The third-order valence-electron chi connectivity index (χ3n) is 2.68. The van der Waals surface area contributed by atoms with E-state index in [1.54, 1.807) is 6.07 Å². The van der Waals surface area contributed by atoms with E-state index < -0.39 is 0 Å². The first-order valence-corrected chi connectivity index (χ1v) is 6.47. The summed E-state index contributed by atoms with van der Waals surface area (Å²) in [6.45, 7) is 0. The van der Waals surface area contributed by atoms with Crippen LogP contribution in [0.1, 0.15) is 0 Å². The fourth-order valence-corrected chi connectivity index (χ4v) is 2.33. The van der Waals surface area contributed by atoms with E-state index in [0.29, 0.717) is 15.9 Å². The van der Waals surface area contributed by atoms with Gasteiger partial charge in [-0.2, -0.15) is 0 Å². The number of aromatic nitrogens is 1. The Balaban J connectivity index is 2.02. The van der Waals surface area contributed by atoms with Crippen LogP contribution in [0.15, 0.2) is 54.6 Å². The Hall–Kier alpha value is -1.77. The molecule has 0 amide bonds. The van der Waals surface area contributed by atoms with Gasteiger partial charge < -0.3 is 4.74 Å². The molecule has 0 saturated heterocycles. The van der Waals surface area contributed by atoms with Crippen molar-refractivity contribution in [2.24, 2.45) is 0 Å². The van der Waals surface area contributed by atoms with Crippen molar-refractivity contribution in [1.82, 2.24) is 4.98 Å². The lowest BCUT2D eigenvalue weighted by atomic mass is 10.2. The maximum atomic E-state index is 6.16. The number of rotatable bonds is 2. The van der Waals surface area contributed by atoms with Gasteiger partial charge in [0.1, 0.15) is 16.7 Å². The van der Waals surface area contributed by atoms with Crippen molar-refractivity contribution in [3.8, 4) is 11.5 Å². The lowest BCUT2D eigenvalue weighted by Crippen LogP contribution is -1.86.